The Morgan fingerprint density at radius 3 is 2.26 bits per heavy atom. The summed E-state index contributed by atoms with van der Waals surface area (Å²) in [6.45, 7) is 9.43. The van der Waals surface area contributed by atoms with E-state index in [9.17, 15) is 29.1 Å². The van der Waals surface area contributed by atoms with Crippen LogP contribution in [0.5, 0.6) is 0 Å². The van der Waals surface area contributed by atoms with E-state index in [0.717, 1.165) is 0 Å². The highest BCUT2D eigenvalue weighted by atomic mass is 16.6. The Balaban J connectivity index is 2.05. The SMILES string of the molecule is CCOC(=O)C1C2C(O)CC(NC(=O)[C@H](C)NC(=O)CNC(=O)OC(C)(C)C)(C(=O)OCC)C12. The summed E-state index contributed by atoms with van der Waals surface area (Å²) in [7, 11) is 0. The molecule has 34 heavy (non-hydrogen) atoms. The minimum Gasteiger partial charge on any atom is -0.466 e. The second-order valence-electron chi connectivity index (χ2n) is 9.48. The van der Waals surface area contributed by atoms with Gasteiger partial charge in [0.1, 0.15) is 23.7 Å². The molecule has 0 radical (unpaired) electrons. The van der Waals surface area contributed by atoms with Crippen LogP contribution in [0.1, 0.15) is 48.0 Å². The Hall–Kier alpha value is -2.89. The van der Waals surface area contributed by atoms with E-state index in [1.165, 1.54) is 6.92 Å². The average Bonchev–Trinajstić information content (AvgIpc) is 3.40. The number of alkyl carbamates (subject to hydrolysis) is 1. The molecule has 6 atom stereocenters. The van der Waals surface area contributed by atoms with Crippen molar-refractivity contribution >= 4 is 29.8 Å². The molecule has 2 aliphatic rings. The third-order valence-corrected chi connectivity index (χ3v) is 5.73. The van der Waals surface area contributed by atoms with Crippen LogP contribution in [0.3, 0.4) is 0 Å². The third-order valence-electron chi connectivity index (χ3n) is 5.73. The van der Waals surface area contributed by atoms with Crippen molar-refractivity contribution in [2.45, 2.75) is 71.2 Å². The molecule has 2 aliphatic carbocycles. The van der Waals surface area contributed by atoms with Crippen LogP contribution in [-0.4, -0.2) is 78.0 Å². The summed E-state index contributed by atoms with van der Waals surface area (Å²) >= 11 is 0. The predicted octanol–water partition coefficient (Wildman–Crippen LogP) is -0.376. The molecule has 0 heterocycles. The lowest BCUT2D eigenvalue weighted by atomic mass is 9.89. The van der Waals surface area contributed by atoms with Crippen molar-refractivity contribution in [3.05, 3.63) is 0 Å². The van der Waals surface area contributed by atoms with E-state index in [1.807, 2.05) is 0 Å². The maximum atomic E-state index is 12.9. The fourth-order valence-corrected chi connectivity index (χ4v) is 4.41. The lowest BCUT2D eigenvalue weighted by molar-refractivity contribution is -0.156. The first-order valence-corrected chi connectivity index (χ1v) is 11.4. The number of hydrogen-bond donors (Lipinski definition) is 4. The van der Waals surface area contributed by atoms with Gasteiger partial charge in [0.2, 0.25) is 11.8 Å². The van der Waals surface area contributed by atoms with Crippen molar-refractivity contribution in [2.24, 2.45) is 17.8 Å². The zero-order chi connectivity index (χ0) is 25.8. The monoisotopic (exact) mass is 485 g/mol. The molecule has 0 aromatic carbocycles. The van der Waals surface area contributed by atoms with Gasteiger partial charge < -0.3 is 35.3 Å². The van der Waals surface area contributed by atoms with Crippen LogP contribution in [0.25, 0.3) is 0 Å². The first-order valence-electron chi connectivity index (χ1n) is 11.4. The highest BCUT2D eigenvalue weighted by Gasteiger charge is 2.76. The maximum absolute atomic E-state index is 12.9. The van der Waals surface area contributed by atoms with Gasteiger partial charge in [-0.1, -0.05) is 0 Å². The molecular formula is C22H35N3O9. The summed E-state index contributed by atoms with van der Waals surface area (Å²) in [5, 5.41) is 17.8. The van der Waals surface area contributed by atoms with Crippen LogP contribution < -0.4 is 16.0 Å². The highest BCUT2D eigenvalue weighted by Crippen LogP contribution is 2.63. The predicted molar refractivity (Wildman–Crippen MR) is 117 cm³/mol. The number of amides is 3. The maximum Gasteiger partial charge on any atom is 0.408 e. The molecule has 2 fully saturated rings. The van der Waals surface area contributed by atoms with Crippen molar-refractivity contribution in [3.8, 4) is 0 Å². The zero-order valence-corrected chi connectivity index (χ0v) is 20.4. The number of ether oxygens (including phenoxy) is 3. The second kappa shape index (κ2) is 10.6. The van der Waals surface area contributed by atoms with Gasteiger partial charge in [-0.3, -0.25) is 14.4 Å². The Kier molecular flexibility index (Phi) is 8.51. The van der Waals surface area contributed by atoms with Crippen LogP contribution in [0, 0.1) is 17.8 Å². The van der Waals surface area contributed by atoms with Crippen molar-refractivity contribution in [1.82, 2.24) is 16.0 Å². The van der Waals surface area contributed by atoms with E-state index in [4.69, 9.17) is 14.2 Å². The lowest BCUT2D eigenvalue weighted by Crippen LogP contribution is -2.61. The van der Waals surface area contributed by atoms with Crippen LogP contribution >= 0.6 is 0 Å². The van der Waals surface area contributed by atoms with Crippen LogP contribution in [0.4, 0.5) is 4.79 Å². The van der Waals surface area contributed by atoms with Gasteiger partial charge in [0.25, 0.3) is 0 Å². The van der Waals surface area contributed by atoms with E-state index in [2.05, 4.69) is 16.0 Å². The average molecular weight is 486 g/mol. The number of aliphatic hydroxyl groups excluding tert-OH is 1. The normalized spacial score (nSPS) is 28.1. The van der Waals surface area contributed by atoms with Crippen molar-refractivity contribution in [3.63, 3.8) is 0 Å². The quantitative estimate of drug-likeness (QED) is 0.251. The summed E-state index contributed by atoms with van der Waals surface area (Å²) in [5.74, 6) is -4.62. The van der Waals surface area contributed by atoms with Crippen LogP contribution in [-0.2, 0) is 33.4 Å². The molecule has 4 N–H and O–H groups in total. The van der Waals surface area contributed by atoms with Gasteiger partial charge in [0, 0.05) is 18.3 Å². The number of rotatable bonds is 9. The Bertz CT molecular complexity index is 825. The van der Waals surface area contributed by atoms with Crippen molar-refractivity contribution in [2.75, 3.05) is 19.8 Å². The first-order chi connectivity index (χ1) is 15.8. The fraction of sp³-hybridized carbons (Fsp3) is 0.773. The summed E-state index contributed by atoms with van der Waals surface area (Å²) in [5.41, 5.74) is -2.36. The first kappa shape index (κ1) is 27.4. The molecule has 2 saturated carbocycles. The zero-order valence-electron chi connectivity index (χ0n) is 20.4. The summed E-state index contributed by atoms with van der Waals surface area (Å²) < 4.78 is 15.3. The number of carbonyl (C=O) groups is 5. The van der Waals surface area contributed by atoms with Crippen LogP contribution in [0.15, 0.2) is 0 Å². The van der Waals surface area contributed by atoms with Gasteiger partial charge in [0.15, 0.2) is 0 Å². The molecular weight excluding hydrogens is 450 g/mol. The second-order valence-corrected chi connectivity index (χ2v) is 9.48. The summed E-state index contributed by atoms with van der Waals surface area (Å²) in [4.78, 5) is 62.0. The molecule has 0 saturated heterocycles. The van der Waals surface area contributed by atoms with Crippen LogP contribution in [0.2, 0.25) is 0 Å². The molecule has 3 amide bonds. The molecule has 12 heteroatoms. The third kappa shape index (κ3) is 6.16. The van der Waals surface area contributed by atoms with E-state index in [1.54, 1.807) is 34.6 Å². The molecule has 2 rings (SSSR count). The standard InChI is InChI=1S/C22H35N3O9/c1-7-32-18(29)15-14-12(26)9-22(16(14)15,19(30)33-8-2)25-17(28)11(3)24-13(27)10-23-20(31)34-21(4,5)6/h11-12,14-16,26H,7-10H2,1-6H3,(H,23,31)(H,24,27)(H,25,28)/t11-,12?,14?,15?,16?,22?/m0/s1. The molecule has 5 unspecified atom stereocenters. The van der Waals surface area contributed by atoms with Gasteiger partial charge in [-0.2, -0.15) is 0 Å². The van der Waals surface area contributed by atoms with E-state index in [0.29, 0.717) is 0 Å². The van der Waals surface area contributed by atoms with Crippen molar-refractivity contribution in [1.29, 1.82) is 0 Å². The van der Waals surface area contributed by atoms with Crippen molar-refractivity contribution < 1.29 is 43.3 Å². The van der Waals surface area contributed by atoms with E-state index >= 15 is 0 Å². The number of esters is 2. The van der Waals surface area contributed by atoms with E-state index < -0.39 is 77.4 Å². The van der Waals surface area contributed by atoms with Gasteiger partial charge in [0.05, 0.1) is 25.2 Å². The largest absolute Gasteiger partial charge is 0.466 e. The van der Waals surface area contributed by atoms with Gasteiger partial charge in [-0.05, 0) is 41.5 Å². The molecule has 0 spiro atoms. The molecule has 0 aliphatic heterocycles. The minimum atomic E-state index is -1.62. The number of hydrogen-bond acceptors (Lipinski definition) is 9. The highest BCUT2D eigenvalue weighted by molar-refractivity contribution is 5.95. The lowest BCUT2D eigenvalue weighted by Gasteiger charge is -2.32. The Morgan fingerprint density at radius 1 is 1.09 bits per heavy atom. The van der Waals surface area contributed by atoms with Gasteiger partial charge >= 0.3 is 18.0 Å². The minimum absolute atomic E-state index is 0.0383. The number of nitrogens with one attached hydrogen (secondary N) is 3. The summed E-state index contributed by atoms with van der Waals surface area (Å²) in [6, 6.07) is -1.09. The van der Waals surface area contributed by atoms with E-state index in [-0.39, 0.29) is 19.6 Å². The smallest absolute Gasteiger partial charge is 0.408 e. The molecule has 0 aromatic heterocycles. The Morgan fingerprint density at radius 2 is 1.71 bits per heavy atom. The molecule has 12 nitrogen and oxygen atoms in total. The number of fused-ring (bicyclic) bond motifs is 1. The summed E-state index contributed by atoms with van der Waals surface area (Å²) in [6.07, 6.45) is -1.92. The topological polar surface area (TPSA) is 169 Å². The van der Waals surface area contributed by atoms with Gasteiger partial charge in [-0.25, -0.2) is 9.59 Å². The fourth-order valence-electron chi connectivity index (χ4n) is 4.41. The molecule has 192 valence electrons. The number of carbonyl (C=O) groups excluding carboxylic acids is 5. The Labute approximate surface area is 198 Å². The van der Waals surface area contributed by atoms with Gasteiger partial charge in [-0.15, -0.1) is 0 Å². The molecule has 0 bridgehead atoms. The molecule has 0 aromatic rings. The number of aliphatic hydroxyl groups is 1.